The van der Waals surface area contributed by atoms with Gasteiger partial charge in [-0.1, -0.05) is 59.1 Å². The number of hydrogen-bond acceptors (Lipinski definition) is 4. The summed E-state index contributed by atoms with van der Waals surface area (Å²) >= 11 is 0. The molecule has 0 fully saturated rings. The average molecular weight is 409 g/mol. The first kappa shape index (κ1) is 21.8. The maximum Gasteiger partial charge on any atom is 0.270 e. The van der Waals surface area contributed by atoms with Crippen LogP contribution in [0.2, 0.25) is 0 Å². The molecule has 1 amide bonds. The van der Waals surface area contributed by atoms with Crippen LogP contribution in [0, 0.1) is 0 Å². The first-order chi connectivity index (χ1) is 14.3. The summed E-state index contributed by atoms with van der Waals surface area (Å²) in [6, 6.07) is 11.5. The van der Waals surface area contributed by atoms with Crippen molar-refractivity contribution >= 4 is 11.6 Å². The summed E-state index contributed by atoms with van der Waals surface area (Å²) < 4.78 is 7.01. The molecule has 30 heavy (non-hydrogen) atoms. The fourth-order valence-corrected chi connectivity index (χ4v) is 3.28. The number of fused-ring (bicyclic) bond motifs is 1. The van der Waals surface area contributed by atoms with Crippen molar-refractivity contribution in [2.75, 3.05) is 13.7 Å². The van der Waals surface area contributed by atoms with Crippen LogP contribution >= 0.6 is 0 Å². The Morgan fingerprint density at radius 3 is 2.63 bits per heavy atom. The Labute approximate surface area is 178 Å². The molecular weight excluding hydrogens is 376 g/mol. The summed E-state index contributed by atoms with van der Waals surface area (Å²) in [7, 11) is 1.64. The number of ether oxygens (including phenoxy) is 1. The van der Waals surface area contributed by atoms with E-state index in [4.69, 9.17) is 14.8 Å². The van der Waals surface area contributed by atoms with Gasteiger partial charge in [-0.3, -0.25) is 4.79 Å². The minimum Gasteiger partial charge on any atom is -0.497 e. The van der Waals surface area contributed by atoms with E-state index >= 15 is 0 Å². The standard InChI is InChI=1S/C24H32N4O2/c1-6-7-8-9-13-25-23(29)20-15-19(17-11-10-12-18(14-17)30-5)26-22-16-21(24(2,3)4)27-28(20)22/h10-12,14-16H,6-9,13H2,1-5H3,(H,25,29). The highest BCUT2D eigenvalue weighted by atomic mass is 16.5. The van der Waals surface area contributed by atoms with Gasteiger partial charge in [0.25, 0.3) is 5.91 Å². The van der Waals surface area contributed by atoms with Crippen LogP contribution in [-0.4, -0.2) is 34.2 Å². The molecule has 0 spiro atoms. The summed E-state index contributed by atoms with van der Waals surface area (Å²) in [4.78, 5) is 17.8. The number of aromatic nitrogens is 3. The summed E-state index contributed by atoms with van der Waals surface area (Å²) in [6.45, 7) is 9.14. The zero-order chi connectivity index (χ0) is 21.7. The highest BCUT2D eigenvalue weighted by Gasteiger charge is 2.22. The molecule has 2 heterocycles. The second-order valence-corrected chi connectivity index (χ2v) is 8.62. The molecule has 0 bridgehead atoms. The van der Waals surface area contributed by atoms with Crippen LogP contribution in [0.5, 0.6) is 5.75 Å². The normalized spacial score (nSPS) is 11.6. The van der Waals surface area contributed by atoms with E-state index in [1.807, 2.05) is 36.4 Å². The monoisotopic (exact) mass is 408 g/mol. The Morgan fingerprint density at radius 2 is 1.93 bits per heavy atom. The summed E-state index contributed by atoms with van der Waals surface area (Å²) in [5.74, 6) is 0.617. The van der Waals surface area contributed by atoms with Crippen molar-refractivity contribution in [2.45, 2.75) is 58.8 Å². The molecule has 1 N–H and O–H groups in total. The molecule has 0 aliphatic rings. The highest BCUT2D eigenvalue weighted by Crippen LogP contribution is 2.26. The number of benzene rings is 1. The fourth-order valence-electron chi connectivity index (χ4n) is 3.28. The number of methoxy groups -OCH3 is 1. The quantitative estimate of drug-likeness (QED) is 0.532. The molecule has 0 saturated carbocycles. The maximum absolute atomic E-state index is 13.0. The van der Waals surface area contributed by atoms with Crippen molar-refractivity contribution in [3.05, 3.63) is 47.8 Å². The zero-order valence-electron chi connectivity index (χ0n) is 18.7. The van der Waals surface area contributed by atoms with Crippen molar-refractivity contribution in [1.29, 1.82) is 0 Å². The number of amides is 1. The number of rotatable bonds is 8. The van der Waals surface area contributed by atoms with E-state index in [9.17, 15) is 4.79 Å². The Hall–Kier alpha value is -2.89. The number of hydrogen-bond donors (Lipinski definition) is 1. The number of unbranched alkanes of at least 4 members (excludes halogenated alkanes) is 3. The van der Waals surface area contributed by atoms with Crippen LogP contribution in [0.3, 0.4) is 0 Å². The Kier molecular flexibility index (Phi) is 6.75. The predicted octanol–water partition coefficient (Wildman–Crippen LogP) is 5.01. The number of nitrogens with one attached hydrogen (secondary N) is 1. The molecule has 0 saturated heterocycles. The van der Waals surface area contributed by atoms with E-state index in [0.717, 1.165) is 35.5 Å². The molecule has 3 aromatic rings. The average Bonchev–Trinajstić information content (AvgIpc) is 3.17. The van der Waals surface area contributed by atoms with Crippen molar-refractivity contribution < 1.29 is 9.53 Å². The van der Waals surface area contributed by atoms with Gasteiger partial charge < -0.3 is 10.1 Å². The van der Waals surface area contributed by atoms with Gasteiger partial charge in [-0.05, 0) is 24.6 Å². The smallest absolute Gasteiger partial charge is 0.270 e. The molecule has 0 radical (unpaired) electrons. The molecule has 3 rings (SSSR count). The molecule has 2 aromatic heterocycles. The molecule has 0 unspecified atom stereocenters. The van der Waals surface area contributed by atoms with E-state index in [1.54, 1.807) is 11.6 Å². The second-order valence-electron chi connectivity index (χ2n) is 8.62. The number of carbonyl (C=O) groups is 1. The summed E-state index contributed by atoms with van der Waals surface area (Å²) in [5.41, 5.74) is 3.53. The highest BCUT2D eigenvalue weighted by molar-refractivity contribution is 5.94. The fraction of sp³-hybridized carbons (Fsp3) is 0.458. The first-order valence-electron chi connectivity index (χ1n) is 10.7. The molecule has 1 aromatic carbocycles. The Balaban J connectivity index is 2.01. The van der Waals surface area contributed by atoms with E-state index in [1.165, 1.54) is 12.8 Å². The topological polar surface area (TPSA) is 68.5 Å². The zero-order valence-corrected chi connectivity index (χ0v) is 18.7. The van der Waals surface area contributed by atoms with E-state index in [2.05, 4.69) is 33.0 Å². The summed E-state index contributed by atoms with van der Waals surface area (Å²) in [6.07, 6.45) is 4.45. The van der Waals surface area contributed by atoms with Gasteiger partial charge in [0.15, 0.2) is 5.65 Å². The molecule has 6 heteroatoms. The van der Waals surface area contributed by atoms with Crippen LogP contribution in [0.4, 0.5) is 0 Å². The predicted molar refractivity (Wildman–Crippen MR) is 120 cm³/mol. The summed E-state index contributed by atoms with van der Waals surface area (Å²) in [5, 5.41) is 7.75. The van der Waals surface area contributed by atoms with Gasteiger partial charge in [0.2, 0.25) is 0 Å². The Morgan fingerprint density at radius 1 is 1.13 bits per heavy atom. The lowest BCUT2D eigenvalue weighted by Gasteiger charge is -2.13. The third kappa shape index (κ3) is 4.99. The van der Waals surface area contributed by atoms with Crippen LogP contribution in [0.25, 0.3) is 16.9 Å². The SMILES string of the molecule is CCCCCCNC(=O)c1cc(-c2cccc(OC)c2)nc2cc(C(C)(C)C)nn12. The molecule has 160 valence electrons. The minimum atomic E-state index is -0.141. The molecule has 0 atom stereocenters. The molecular formula is C24H32N4O2. The lowest BCUT2D eigenvalue weighted by atomic mass is 9.93. The van der Waals surface area contributed by atoms with Crippen LogP contribution in [0.15, 0.2) is 36.4 Å². The minimum absolute atomic E-state index is 0.133. The molecule has 0 aliphatic heterocycles. The van der Waals surface area contributed by atoms with E-state index < -0.39 is 0 Å². The lowest BCUT2D eigenvalue weighted by molar-refractivity contribution is 0.0945. The van der Waals surface area contributed by atoms with Crippen molar-refractivity contribution in [3.8, 4) is 17.0 Å². The van der Waals surface area contributed by atoms with Gasteiger partial charge in [0.05, 0.1) is 18.5 Å². The van der Waals surface area contributed by atoms with E-state index in [-0.39, 0.29) is 11.3 Å². The van der Waals surface area contributed by atoms with Crippen LogP contribution in [-0.2, 0) is 5.41 Å². The second kappa shape index (κ2) is 9.28. The van der Waals surface area contributed by atoms with Crippen LogP contribution in [0.1, 0.15) is 69.6 Å². The third-order valence-corrected chi connectivity index (χ3v) is 5.11. The molecule has 0 aliphatic carbocycles. The van der Waals surface area contributed by atoms with Crippen LogP contribution < -0.4 is 10.1 Å². The third-order valence-electron chi connectivity index (χ3n) is 5.11. The lowest BCUT2D eigenvalue weighted by Crippen LogP contribution is -2.27. The van der Waals surface area contributed by atoms with Crippen molar-refractivity contribution in [1.82, 2.24) is 19.9 Å². The van der Waals surface area contributed by atoms with Gasteiger partial charge in [-0.2, -0.15) is 5.10 Å². The largest absolute Gasteiger partial charge is 0.497 e. The van der Waals surface area contributed by atoms with Crippen molar-refractivity contribution in [2.24, 2.45) is 0 Å². The van der Waals surface area contributed by atoms with Gasteiger partial charge in [0.1, 0.15) is 11.4 Å². The van der Waals surface area contributed by atoms with Gasteiger partial charge in [0, 0.05) is 23.6 Å². The number of carbonyl (C=O) groups excluding carboxylic acids is 1. The van der Waals surface area contributed by atoms with E-state index in [0.29, 0.717) is 17.9 Å². The van der Waals surface area contributed by atoms with Crippen molar-refractivity contribution in [3.63, 3.8) is 0 Å². The van der Waals surface area contributed by atoms with Gasteiger partial charge in [-0.15, -0.1) is 0 Å². The van der Waals surface area contributed by atoms with Gasteiger partial charge in [-0.25, -0.2) is 9.50 Å². The van der Waals surface area contributed by atoms with Gasteiger partial charge >= 0.3 is 0 Å². The number of nitrogens with zero attached hydrogens (tertiary/aromatic N) is 3. The first-order valence-corrected chi connectivity index (χ1v) is 10.7. The Bertz CT molecular complexity index is 1020. The maximum atomic E-state index is 13.0. The molecule has 6 nitrogen and oxygen atoms in total.